The van der Waals surface area contributed by atoms with Crippen molar-refractivity contribution >= 4 is 26.9 Å². The predicted molar refractivity (Wildman–Crippen MR) is 122 cm³/mol. The molecular weight excluding hydrogens is 448 g/mol. The maximum absolute atomic E-state index is 13.5. The van der Waals surface area contributed by atoms with Crippen LogP contribution in [0.2, 0.25) is 0 Å². The van der Waals surface area contributed by atoms with E-state index in [1.54, 1.807) is 24.1 Å². The standard InChI is InChI=1S/C21H28N6O5S/c1-13(29)18(12-28)24-20-23-17-5-4-15(33(31,32)25-21(2)6-7-21)8-16(17)19(30)27(20)11-14-9-22-26(3)10-14/h4-5,8-10,13,18,25,28-29H,6-7,11-12H2,1-3H3,(H,23,24)/t13-,18-/m0/s1. The van der Waals surface area contributed by atoms with Gasteiger partial charge in [0, 0.05) is 24.3 Å². The van der Waals surface area contributed by atoms with Crippen LogP contribution in [0.4, 0.5) is 5.95 Å². The highest BCUT2D eigenvalue weighted by atomic mass is 32.2. The summed E-state index contributed by atoms with van der Waals surface area (Å²) in [4.78, 5) is 18.0. The van der Waals surface area contributed by atoms with Crippen LogP contribution < -0.4 is 15.6 Å². The van der Waals surface area contributed by atoms with Crippen LogP contribution in [-0.4, -0.2) is 62.3 Å². The van der Waals surface area contributed by atoms with Gasteiger partial charge in [-0.25, -0.2) is 18.1 Å². The third kappa shape index (κ3) is 4.93. The molecule has 2 heterocycles. The van der Waals surface area contributed by atoms with Crippen LogP contribution in [0.25, 0.3) is 10.9 Å². The van der Waals surface area contributed by atoms with Gasteiger partial charge in [-0.05, 0) is 44.9 Å². The molecule has 0 spiro atoms. The largest absolute Gasteiger partial charge is 0.394 e. The lowest BCUT2D eigenvalue weighted by Crippen LogP contribution is -2.38. The number of rotatable bonds is 9. The Labute approximate surface area is 191 Å². The molecule has 0 aliphatic heterocycles. The van der Waals surface area contributed by atoms with E-state index in [4.69, 9.17) is 0 Å². The first-order valence-electron chi connectivity index (χ1n) is 10.6. The minimum atomic E-state index is -3.80. The molecule has 11 nitrogen and oxygen atoms in total. The van der Waals surface area contributed by atoms with Gasteiger partial charge in [0.05, 0.1) is 47.3 Å². The molecule has 12 heteroatoms. The van der Waals surface area contributed by atoms with E-state index in [-0.39, 0.29) is 29.4 Å². The summed E-state index contributed by atoms with van der Waals surface area (Å²) in [7, 11) is -2.04. The summed E-state index contributed by atoms with van der Waals surface area (Å²) in [5, 5.41) is 26.8. The van der Waals surface area contributed by atoms with E-state index >= 15 is 0 Å². The van der Waals surface area contributed by atoms with Crippen LogP contribution in [0.1, 0.15) is 32.3 Å². The van der Waals surface area contributed by atoms with E-state index in [9.17, 15) is 23.4 Å². The maximum Gasteiger partial charge on any atom is 0.263 e. The molecule has 4 rings (SSSR count). The van der Waals surface area contributed by atoms with Gasteiger partial charge in [-0.3, -0.25) is 14.0 Å². The van der Waals surface area contributed by atoms with E-state index in [0.717, 1.165) is 18.4 Å². The zero-order chi connectivity index (χ0) is 24.0. The number of hydrogen-bond donors (Lipinski definition) is 4. The first-order chi connectivity index (χ1) is 15.5. The number of sulfonamides is 1. The molecule has 0 radical (unpaired) electrons. The molecule has 1 aliphatic rings. The van der Waals surface area contributed by atoms with Crippen LogP contribution in [0.3, 0.4) is 0 Å². The second-order valence-corrected chi connectivity index (χ2v) is 10.6. The molecule has 3 aromatic rings. The molecule has 0 amide bonds. The molecule has 1 fully saturated rings. The topological polar surface area (TPSA) is 151 Å². The van der Waals surface area contributed by atoms with E-state index in [0.29, 0.717) is 5.52 Å². The molecule has 0 saturated heterocycles. The van der Waals surface area contributed by atoms with Gasteiger partial charge in [0.2, 0.25) is 16.0 Å². The lowest BCUT2D eigenvalue weighted by Gasteiger charge is -2.22. The number of anilines is 1. The molecule has 178 valence electrons. The number of aliphatic hydroxyl groups excluding tert-OH is 2. The Morgan fingerprint density at radius 2 is 2.03 bits per heavy atom. The van der Waals surface area contributed by atoms with Gasteiger partial charge in [-0.15, -0.1) is 0 Å². The number of fused-ring (bicyclic) bond motifs is 1. The lowest BCUT2D eigenvalue weighted by molar-refractivity contribution is 0.132. The average molecular weight is 477 g/mol. The molecule has 2 aromatic heterocycles. The van der Waals surface area contributed by atoms with Gasteiger partial charge in [-0.2, -0.15) is 5.10 Å². The Morgan fingerprint density at radius 3 is 2.61 bits per heavy atom. The van der Waals surface area contributed by atoms with Crippen molar-refractivity contribution < 1.29 is 18.6 Å². The lowest BCUT2D eigenvalue weighted by atomic mass is 10.2. The van der Waals surface area contributed by atoms with Gasteiger partial charge in [0.25, 0.3) is 5.56 Å². The smallest absolute Gasteiger partial charge is 0.263 e. The fourth-order valence-corrected chi connectivity index (χ4v) is 5.01. The summed E-state index contributed by atoms with van der Waals surface area (Å²) in [6.07, 6.45) is 3.99. The van der Waals surface area contributed by atoms with E-state index in [1.165, 1.54) is 29.7 Å². The van der Waals surface area contributed by atoms with Gasteiger partial charge < -0.3 is 15.5 Å². The molecule has 4 N–H and O–H groups in total. The molecular formula is C21H28N6O5S. The molecule has 2 atom stereocenters. The Bertz CT molecular complexity index is 1340. The van der Waals surface area contributed by atoms with Crippen molar-refractivity contribution in [2.45, 2.75) is 55.8 Å². The van der Waals surface area contributed by atoms with Gasteiger partial charge in [-0.1, -0.05) is 0 Å². The van der Waals surface area contributed by atoms with Crippen LogP contribution in [0.15, 0.2) is 40.3 Å². The van der Waals surface area contributed by atoms with Crippen molar-refractivity contribution in [3.63, 3.8) is 0 Å². The summed E-state index contributed by atoms with van der Waals surface area (Å²) in [6, 6.07) is 3.48. The number of nitrogens with one attached hydrogen (secondary N) is 2. The average Bonchev–Trinajstić information content (AvgIpc) is 3.31. The van der Waals surface area contributed by atoms with Crippen molar-refractivity contribution in [3.05, 3.63) is 46.5 Å². The summed E-state index contributed by atoms with van der Waals surface area (Å²) in [5.41, 5.74) is 0.126. The first-order valence-corrected chi connectivity index (χ1v) is 12.1. The Balaban J connectivity index is 1.82. The second-order valence-electron chi connectivity index (χ2n) is 8.87. The molecule has 0 unspecified atom stereocenters. The van der Waals surface area contributed by atoms with Crippen LogP contribution in [-0.2, 0) is 23.6 Å². The SMILES string of the molecule is C[C@H](O)[C@H](CO)Nc1nc2ccc(S(=O)(=O)NC3(C)CC3)cc2c(=O)n1Cc1cnn(C)c1. The summed E-state index contributed by atoms with van der Waals surface area (Å²) >= 11 is 0. The zero-order valence-electron chi connectivity index (χ0n) is 18.7. The molecule has 1 saturated carbocycles. The van der Waals surface area contributed by atoms with Crippen molar-refractivity contribution in [1.82, 2.24) is 24.1 Å². The minimum absolute atomic E-state index is 0.00660. The molecule has 1 aliphatic carbocycles. The van der Waals surface area contributed by atoms with E-state index in [2.05, 4.69) is 20.1 Å². The maximum atomic E-state index is 13.5. The fourth-order valence-electron chi connectivity index (χ4n) is 3.52. The van der Waals surface area contributed by atoms with Crippen molar-refractivity contribution in [2.75, 3.05) is 11.9 Å². The van der Waals surface area contributed by atoms with Gasteiger partial charge in [0.1, 0.15) is 0 Å². The highest BCUT2D eigenvalue weighted by Crippen LogP contribution is 2.36. The quantitative estimate of drug-likeness (QED) is 0.341. The highest BCUT2D eigenvalue weighted by Gasteiger charge is 2.41. The number of aromatic nitrogens is 4. The predicted octanol–water partition coefficient (Wildman–Crippen LogP) is 0.163. The Kier molecular flexibility index (Phi) is 6.03. The van der Waals surface area contributed by atoms with Gasteiger partial charge >= 0.3 is 0 Å². The number of hydrogen-bond acceptors (Lipinski definition) is 8. The van der Waals surface area contributed by atoms with Crippen molar-refractivity contribution in [2.24, 2.45) is 7.05 Å². The van der Waals surface area contributed by atoms with Crippen LogP contribution >= 0.6 is 0 Å². The van der Waals surface area contributed by atoms with Gasteiger partial charge in [0.15, 0.2) is 0 Å². The fraction of sp³-hybridized carbons (Fsp3) is 0.476. The number of benzene rings is 1. The minimum Gasteiger partial charge on any atom is -0.394 e. The van der Waals surface area contributed by atoms with Crippen LogP contribution in [0, 0.1) is 0 Å². The summed E-state index contributed by atoms with van der Waals surface area (Å²) in [6.45, 7) is 3.10. The molecule has 1 aromatic carbocycles. The number of nitrogens with zero attached hydrogens (tertiary/aromatic N) is 4. The molecule has 0 bridgehead atoms. The third-order valence-corrected chi connectivity index (χ3v) is 7.45. The Hall–Kier alpha value is -2.80. The normalized spacial score (nSPS) is 17.1. The summed E-state index contributed by atoms with van der Waals surface area (Å²) in [5.74, 6) is 0.149. The monoisotopic (exact) mass is 476 g/mol. The zero-order valence-corrected chi connectivity index (χ0v) is 19.5. The highest BCUT2D eigenvalue weighted by molar-refractivity contribution is 7.89. The van der Waals surface area contributed by atoms with Crippen molar-refractivity contribution in [3.8, 4) is 0 Å². The summed E-state index contributed by atoms with van der Waals surface area (Å²) < 4.78 is 31.3. The number of aliphatic hydroxyl groups is 2. The second kappa shape index (κ2) is 8.52. The molecule has 33 heavy (non-hydrogen) atoms. The van der Waals surface area contributed by atoms with E-state index < -0.39 is 33.3 Å². The van der Waals surface area contributed by atoms with Crippen LogP contribution in [0.5, 0.6) is 0 Å². The van der Waals surface area contributed by atoms with Crippen molar-refractivity contribution in [1.29, 1.82) is 0 Å². The van der Waals surface area contributed by atoms with E-state index in [1.807, 2.05) is 6.92 Å². The first kappa shape index (κ1) is 23.4. The number of aryl methyl sites for hydroxylation is 1. The Morgan fingerprint density at radius 1 is 1.30 bits per heavy atom. The third-order valence-electron chi connectivity index (χ3n) is 5.81.